The highest BCUT2D eigenvalue weighted by Crippen LogP contribution is 2.36. The first-order valence-corrected chi connectivity index (χ1v) is 13.0. The molecule has 1 fully saturated rings. The van der Waals surface area contributed by atoms with Crippen molar-refractivity contribution in [3.63, 3.8) is 0 Å². The molecule has 1 aromatic heterocycles. The Kier molecular flexibility index (Phi) is 7.77. The number of phenols is 1. The van der Waals surface area contributed by atoms with Crippen LogP contribution in [0.15, 0.2) is 42.5 Å². The first-order chi connectivity index (χ1) is 17.7. The van der Waals surface area contributed by atoms with Gasteiger partial charge in [-0.05, 0) is 67.5 Å². The summed E-state index contributed by atoms with van der Waals surface area (Å²) in [6.45, 7) is 3.80. The summed E-state index contributed by atoms with van der Waals surface area (Å²) in [7, 11) is 0. The lowest BCUT2D eigenvalue weighted by molar-refractivity contribution is -0.123. The molecule has 1 aliphatic carbocycles. The van der Waals surface area contributed by atoms with Crippen LogP contribution in [0.4, 0.5) is 11.4 Å². The van der Waals surface area contributed by atoms with Crippen molar-refractivity contribution < 1.29 is 19.5 Å². The van der Waals surface area contributed by atoms with E-state index in [9.17, 15) is 19.5 Å². The van der Waals surface area contributed by atoms with Gasteiger partial charge in [0.25, 0.3) is 11.8 Å². The van der Waals surface area contributed by atoms with Gasteiger partial charge in [0, 0.05) is 11.7 Å². The maximum atomic E-state index is 14.2. The summed E-state index contributed by atoms with van der Waals surface area (Å²) in [6.07, 6.45) is 4.93. The molecule has 2 aromatic carbocycles. The number of carbonyl (C=O) groups is 3. The molecule has 3 amide bonds. The molecule has 0 unspecified atom stereocenters. The number of nitrogens with zero attached hydrogens (tertiary/aromatic N) is 2. The van der Waals surface area contributed by atoms with E-state index in [4.69, 9.17) is 11.5 Å². The normalized spacial score (nSPS) is 14.6. The first-order valence-electron chi connectivity index (χ1n) is 12.2. The Balaban J connectivity index is 1.87. The lowest BCUT2D eigenvalue weighted by Crippen LogP contribution is -2.47. The fourth-order valence-corrected chi connectivity index (χ4v) is 5.52. The molecule has 3 aromatic rings. The highest BCUT2D eigenvalue weighted by atomic mass is 32.1. The van der Waals surface area contributed by atoms with Gasteiger partial charge in [-0.25, -0.2) is 0 Å². The summed E-state index contributed by atoms with van der Waals surface area (Å²) in [5.74, 6) is -1.72. The Labute approximate surface area is 219 Å². The number of carbonyl (C=O) groups excluding carboxylic acids is 3. The zero-order valence-corrected chi connectivity index (χ0v) is 21.7. The molecule has 9 nitrogen and oxygen atoms in total. The second kappa shape index (κ2) is 11.0. The van der Waals surface area contributed by atoms with E-state index in [1.807, 2.05) is 26.0 Å². The average Bonchev–Trinajstić information content (AvgIpc) is 3.25. The highest BCUT2D eigenvalue weighted by Gasteiger charge is 2.37. The van der Waals surface area contributed by atoms with Crippen LogP contribution in [-0.2, 0) is 4.79 Å². The van der Waals surface area contributed by atoms with Gasteiger partial charge < -0.3 is 21.9 Å². The van der Waals surface area contributed by atoms with E-state index >= 15 is 0 Å². The van der Waals surface area contributed by atoms with Crippen molar-refractivity contribution in [2.75, 3.05) is 10.6 Å². The monoisotopic (exact) mass is 521 g/mol. The van der Waals surface area contributed by atoms with Gasteiger partial charge in [0.2, 0.25) is 5.91 Å². The molecule has 0 saturated heterocycles. The predicted molar refractivity (Wildman–Crippen MR) is 144 cm³/mol. The van der Waals surface area contributed by atoms with Crippen LogP contribution in [0.2, 0.25) is 0 Å². The molecule has 1 saturated carbocycles. The van der Waals surface area contributed by atoms with Gasteiger partial charge >= 0.3 is 0 Å². The van der Waals surface area contributed by atoms with Crippen molar-refractivity contribution in [3.8, 4) is 5.75 Å². The third-order valence-electron chi connectivity index (χ3n) is 6.65. The van der Waals surface area contributed by atoms with E-state index in [0.717, 1.165) is 54.8 Å². The summed E-state index contributed by atoms with van der Waals surface area (Å²) >= 11 is 0.768. The van der Waals surface area contributed by atoms with Crippen molar-refractivity contribution in [2.45, 2.75) is 58.0 Å². The maximum Gasteiger partial charge on any atom is 0.273 e. The molecule has 37 heavy (non-hydrogen) atoms. The van der Waals surface area contributed by atoms with E-state index in [2.05, 4.69) is 9.69 Å². The number of nitrogens with one attached hydrogen (secondary N) is 1. The van der Waals surface area contributed by atoms with Crippen molar-refractivity contribution in [1.82, 2.24) is 9.69 Å². The molecule has 1 heterocycles. The number of rotatable bonds is 7. The minimum Gasteiger partial charge on any atom is -0.508 e. The molecule has 1 aliphatic rings. The fourth-order valence-electron chi connectivity index (χ4n) is 4.78. The van der Waals surface area contributed by atoms with Crippen molar-refractivity contribution in [2.24, 2.45) is 5.73 Å². The molecule has 0 radical (unpaired) electrons. The molecule has 194 valence electrons. The van der Waals surface area contributed by atoms with Crippen molar-refractivity contribution in [3.05, 3.63) is 69.7 Å². The van der Waals surface area contributed by atoms with Crippen LogP contribution < -0.4 is 21.7 Å². The Morgan fingerprint density at radius 3 is 2.35 bits per heavy atom. The Morgan fingerprint density at radius 2 is 1.76 bits per heavy atom. The number of anilines is 2. The van der Waals surface area contributed by atoms with E-state index in [0.29, 0.717) is 11.3 Å². The molecule has 4 rings (SSSR count). The second-order valence-electron chi connectivity index (χ2n) is 9.44. The quantitative estimate of drug-likeness (QED) is 0.369. The Morgan fingerprint density at radius 1 is 1.08 bits per heavy atom. The van der Waals surface area contributed by atoms with Crippen LogP contribution in [0.5, 0.6) is 5.75 Å². The van der Waals surface area contributed by atoms with Crippen LogP contribution in [0.1, 0.15) is 75.0 Å². The van der Waals surface area contributed by atoms with Gasteiger partial charge in [-0.15, -0.1) is 0 Å². The summed E-state index contributed by atoms with van der Waals surface area (Å²) in [5, 5.41) is 13.0. The number of primary amides is 1. The van der Waals surface area contributed by atoms with Crippen molar-refractivity contribution >= 4 is 40.6 Å². The molecular weight excluding hydrogens is 490 g/mol. The fraction of sp³-hybridized carbons (Fsp3) is 0.333. The summed E-state index contributed by atoms with van der Waals surface area (Å²) < 4.78 is 3.99. The number of phenolic OH excluding ortho intramolecular Hbond substituents is 1. The summed E-state index contributed by atoms with van der Waals surface area (Å²) in [5.41, 5.74) is 14.0. The van der Waals surface area contributed by atoms with E-state index in [1.165, 1.54) is 17.0 Å². The van der Waals surface area contributed by atoms with Crippen LogP contribution in [0.25, 0.3) is 0 Å². The standard InChI is InChI=1S/C27H31N5O4S/c1-15-8-13-20(16(2)14-15)32(27(36)24-21(28)22(25(29)34)31-37-24)23(17-9-11-19(33)12-10-17)26(35)30-18-6-4-3-5-7-18/h8-14,18,23,33H,3-7,28H2,1-2H3,(H2,29,34)(H,30,35)/t23-/m0/s1. The molecule has 1 atom stereocenters. The van der Waals surface area contributed by atoms with Crippen LogP contribution in [0.3, 0.4) is 0 Å². The van der Waals surface area contributed by atoms with Gasteiger partial charge in [-0.3, -0.25) is 19.3 Å². The highest BCUT2D eigenvalue weighted by molar-refractivity contribution is 7.09. The van der Waals surface area contributed by atoms with Crippen LogP contribution in [0, 0.1) is 13.8 Å². The van der Waals surface area contributed by atoms with Gasteiger partial charge in [-0.1, -0.05) is 49.1 Å². The predicted octanol–water partition coefficient (Wildman–Crippen LogP) is 3.98. The van der Waals surface area contributed by atoms with E-state index in [1.54, 1.807) is 18.2 Å². The molecule has 0 aliphatic heterocycles. The number of hydrogen-bond acceptors (Lipinski definition) is 7. The zero-order chi connectivity index (χ0) is 26.7. The van der Waals surface area contributed by atoms with Gasteiger partial charge in [-0.2, -0.15) is 4.37 Å². The number of benzene rings is 2. The Hall–Kier alpha value is -3.92. The average molecular weight is 522 g/mol. The molecule has 6 N–H and O–H groups in total. The first kappa shape index (κ1) is 26.2. The number of aromatic hydroxyl groups is 1. The topological polar surface area (TPSA) is 152 Å². The summed E-state index contributed by atoms with van der Waals surface area (Å²) in [4.78, 5) is 41.3. The number of hydrogen-bond donors (Lipinski definition) is 4. The smallest absolute Gasteiger partial charge is 0.273 e. The molecule has 0 spiro atoms. The second-order valence-corrected chi connectivity index (χ2v) is 10.2. The number of aromatic nitrogens is 1. The van der Waals surface area contributed by atoms with Crippen LogP contribution in [-0.4, -0.2) is 33.2 Å². The van der Waals surface area contributed by atoms with Crippen molar-refractivity contribution in [1.29, 1.82) is 0 Å². The lowest BCUT2D eigenvalue weighted by Gasteiger charge is -2.34. The minimum atomic E-state index is -1.07. The third-order valence-corrected chi connectivity index (χ3v) is 7.50. The lowest BCUT2D eigenvalue weighted by atomic mass is 9.94. The molecule has 10 heteroatoms. The number of nitrogen functional groups attached to an aromatic ring is 1. The number of amides is 3. The summed E-state index contributed by atoms with van der Waals surface area (Å²) in [6, 6.07) is 10.7. The maximum absolute atomic E-state index is 14.2. The van der Waals surface area contributed by atoms with E-state index < -0.39 is 17.9 Å². The van der Waals surface area contributed by atoms with E-state index in [-0.39, 0.29) is 34.0 Å². The Bertz CT molecular complexity index is 1310. The third kappa shape index (κ3) is 5.59. The minimum absolute atomic E-state index is 0.00636. The van der Waals surface area contributed by atoms with Gasteiger partial charge in [0.15, 0.2) is 5.69 Å². The largest absolute Gasteiger partial charge is 0.508 e. The van der Waals surface area contributed by atoms with Gasteiger partial charge in [0.1, 0.15) is 16.7 Å². The zero-order valence-electron chi connectivity index (χ0n) is 20.9. The van der Waals surface area contributed by atoms with Crippen LogP contribution >= 0.6 is 11.5 Å². The molecule has 0 bridgehead atoms. The number of aryl methyl sites for hydroxylation is 2. The number of nitrogens with two attached hydrogens (primary N) is 2. The van der Waals surface area contributed by atoms with Gasteiger partial charge in [0.05, 0.1) is 5.69 Å². The SMILES string of the molecule is Cc1ccc(N(C(=O)c2snc(C(N)=O)c2N)[C@H](C(=O)NC2CCCCC2)c2ccc(O)cc2)c(C)c1. The molecular formula is C27H31N5O4S.